The molecule has 2 rings (SSSR count). The van der Waals surface area contributed by atoms with Crippen LogP contribution in [-0.4, -0.2) is 57.8 Å². The van der Waals surface area contributed by atoms with Crippen molar-refractivity contribution in [2.45, 2.75) is 59.2 Å². The third-order valence-corrected chi connectivity index (χ3v) is 4.89. The predicted molar refractivity (Wildman–Crippen MR) is 127 cm³/mol. The molecule has 2 aromatic rings. The predicted octanol–water partition coefficient (Wildman–Crippen LogP) is 3.19. The van der Waals surface area contributed by atoms with E-state index in [2.05, 4.69) is 15.3 Å². The highest BCUT2D eigenvalue weighted by atomic mass is 19.1. The molecule has 0 aliphatic carbocycles. The molecule has 0 spiro atoms. The number of ether oxygens (including phenoxy) is 2. The van der Waals surface area contributed by atoms with Gasteiger partial charge in [0.15, 0.2) is 5.69 Å². The minimum Gasteiger partial charge on any atom is -0.501 e. The Bertz CT molecular complexity index is 1110. The molecule has 0 radical (unpaired) electrons. The van der Waals surface area contributed by atoms with Crippen molar-refractivity contribution < 1.29 is 28.6 Å². The number of H-pyrrole nitrogens is 1. The van der Waals surface area contributed by atoms with Gasteiger partial charge in [0.25, 0.3) is 11.5 Å². The summed E-state index contributed by atoms with van der Waals surface area (Å²) in [4.78, 5) is 45.6. The molecule has 10 nitrogen and oxygen atoms in total. The lowest BCUT2D eigenvalue weighted by Crippen LogP contribution is -2.40. The molecule has 0 saturated heterocycles. The molecule has 3 N–H and O–H groups in total. The van der Waals surface area contributed by atoms with Crippen molar-refractivity contribution >= 4 is 12.0 Å². The van der Waals surface area contributed by atoms with E-state index >= 15 is 0 Å². The largest absolute Gasteiger partial charge is 0.501 e. The van der Waals surface area contributed by atoms with Crippen LogP contribution in [-0.2, 0) is 16.0 Å². The summed E-state index contributed by atoms with van der Waals surface area (Å²) < 4.78 is 24.5. The maximum atomic E-state index is 13.5. The number of likely N-dealkylation sites (N-methyl/N-ethyl adjacent to an activating group) is 1. The van der Waals surface area contributed by atoms with Gasteiger partial charge in [-0.1, -0.05) is 19.1 Å². The summed E-state index contributed by atoms with van der Waals surface area (Å²) in [5.74, 6) is -2.11. The van der Waals surface area contributed by atoms with E-state index in [1.807, 2.05) is 6.92 Å². The van der Waals surface area contributed by atoms with Crippen LogP contribution in [0.15, 0.2) is 23.0 Å². The smallest absolute Gasteiger partial charge is 0.410 e. The Labute approximate surface area is 203 Å². The monoisotopic (exact) mass is 492 g/mol. The zero-order valence-electron chi connectivity index (χ0n) is 20.9. The van der Waals surface area contributed by atoms with Crippen LogP contribution >= 0.6 is 0 Å². The van der Waals surface area contributed by atoms with Gasteiger partial charge in [0.1, 0.15) is 23.3 Å². The summed E-state index contributed by atoms with van der Waals surface area (Å²) in [6.07, 6.45) is 0.0369. The summed E-state index contributed by atoms with van der Waals surface area (Å²) in [5.41, 5.74) is -1.19. The number of aromatic hydroxyl groups is 1. The quantitative estimate of drug-likeness (QED) is 0.458. The lowest BCUT2D eigenvalue weighted by Gasteiger charge is -2.30. The van der Waals surface area contributed by atoms with Crippen LogP contribution in [0.3, 0.4) is 0 Å². The van der Waals surface area contributed by atoms with E-state index in [4.69, 9.17) is 9.47 Å². The molecular weight excluding hydrogens is 459 g/mol. The van der Waals surface area contributed by atoms with Gasteiger partial charge >= 0.3 is 6.09 Å². The first kappa shape index (κ1) is 27.8. The second-order valence-corrected chi connectivity index (χ2v) is 9.10. The first-order chi connectivity index (χ1) is 16.3. The second-order valence-electron chi connectivity index (χ2n) is 9.10. The van der Waals surface area contributed by atoms with Gasteiger partial charge in [0, 0.05) is 20.2 Å². The number of halogens is 1. The normalized spacial score (nSPS) is 12.2. The van der Waals surface area contributed by atoms with E-state index < -0.39 is 40.6 Å². The number of aromatic nitrogens is 2. The number of rotatable bonds is 9. The van der Waals surface area contributed by atoms with Crippen LogP contribution in [0.5, 0.6) is 5.75 Å². The molecule has 0 unspecified atom stereocenters. The van der Waals surface area contributed by atoms with Crippen LogP contribution in [0.1, 0.15) is 67.6 Å². The molecule has 11 heteroatoms. The number of hydrogen-bond donors (Lipinski definition) is 3. The van der Waals surface area contributed by atoms with Crippen molar-refractivity contribution in [1.29, 1.82) is 0 Å². The SMILES string of the molecule is CCCOC[C@@H](c1nc(C(=O)NCc2ccc(F)c(C)c2)c(O)c(=O)[nH]1)N(C)C(=O)OC(C)(C)C. The molecule has 1 aromatic carbocycles. The molecule has 0 aliphatic rings. The minimum atomic E-state index is -0.948. The molecular formula is C24H33FN4O6. The van der Waals surface area contributed by atoms with Gasteiger partial charge in [0.2, 0.25) is 5.75 Å². The summed E-state index contributed by atoms with van der Waals surface area (Å²) in [7, 11) is 1.46. The summed E-state index contributed by atoms with van der Waals surface area (Å²) in [6.45, 7) is 9.03. The van der Waals surface area contributed by atoms with Crippen molar-refractivity contribution in [2.75, 3.05) is 20.3 Å². The Balaban J connectivity index is 2.34. The number of nitrogens with zero attached hydrogens (tertiary/aromatic N) is 2. The molecule has 0 fully saturated rings. The van der Waals surface area contributed by atoms with Gasteiger partial charge in [-0.25, -0.2) is 14.2 Å². The van der Waals surface area contributed by atoms with E-state index in [1.54, 1.807) is 33.8 Å². The van der Waals surface area contributed by atoms with Gasteiger partial charge in [-0.05, 0) is 51.3 Å². The van der Waals surface area contributed by atoms with Crippen LogP contribution in [0.2, 0.25) is 0 Å². The van der Waals surface area contributed by atoms with E-state index in [0.717, 1.165) is 6.42 Å². The molecule has 0 aliphatic heterocycles. The van der Waals surface area contributed by atoms with Gasteiger partial charge < -0.3 is 24.9 Å². The van der Waals surface area contributed by atoms with E-state index in [-0.39, 0.29) is 24.8 Å². The Morgan fingerprint density at radius 2 is 2.00 bits per heavy atom. The molecule has 0 bridgehead atoms. The van der Waals surface area contributed by atoms with Crippen molar-refractivity contribution in [3.63, 3.8) is 0 Å². The van der Waals surface area contributed by atoms with E-state index in [0.29, 0.717) is 17.7 Å². The van der Waals surface area contributed by atoms with Crippen molar-refractivity contribution in [3.8, 4) is 5.75 Å². The van der Waals surface area contributed by atoms with Crippen LogP contribution in [0.4, 0.5) is 9.18 Å². The lowest BCUT2D eigenvalue weighted by atomic mass is 10.1. The zero-order valence-corrected chi connectivity index (χ0v) is 20.9. The molecule has 35 heavy (non-hydrogen) atoms. The molecule has 2 amide bonds. The number of carbonyl (C=O) groups is 2. The number of aromatic amines is 1. The highest BCUT2D eigenvalue weighted by Crippen LogP contribution is 2.21. The highest BCUT2D eigenvalue weighted by molar-refractivity contribution is 5.94. The molecule has 1 atom stereocenters. The zero-order chi connectivity index (χ0) is 26.3. The average Bonchev–Trinajstić information content (AvgIpc) is 2.77. The summed E-state index contributed by atoms with van der Waals surface area (Å²) in [6, 6.07) is 3.46. The molecule has 0 saturated carbocycles. The highest BCUT2D eigenvalue weighted by Gasteiger charge is 2.30. The van der Waals surface area contributed by atoms with Crippen LogP contribution < -0.4 is 10.9 Å². The topological polar surface area (TPSA) is 134 Å². The van der Waals surface area contributed by atoms with Crippen LogP contribution in [0.25, 0.3) is 0 Å². The lowest BCUT2D eigenvalue weighted by molar-refractivity contribution is 0.00637. The van der Waals surface area contributed by atoms with Gasteiger partial charge in [-0.3, -0.25) is 14.5 Å². The van der Waals surface area contributed by atoms with Crippen molar-refractivity contribution in [3.05, 3.63) is 57.0 Å². The number of benzene rings is 1. The standard InChI is InChI=1S/C24H33FN4O6/c1-7-10-34-13-17(29(6)23(33)35-24(3,4)5)20-27-18(19(30)22(32)28-20)21(31)26-12-15-8-9-16(25)14(2)11-15/h8-9,11,17,30H,7,10,12-13H2,1-6H3,(H,26,31)(H,27,28,32)/t17-/m0/s1. The number of carbonyl (C=O) groups excluding carboxylic acids is 2. The minimum absolute atomic E-state index is 0.0179. The first-order valence-corrected chi connectivity index (χ1v) is 11.2. The number of aryl methyl sites for hydroxylation is 1. The van der Waals surface area contributed by atoms with Crippen LogP contribution in [0, 0.1) is 12.7 Å². The third-order valence-electron chi connectivity index (χ3n) is 4.89. The molecule has 192 valence electrons. The Morgan fingerprint density at radius 3 is 2.60 bits per heavy atom. The second kappa shape index (κ2) is 11.8. The van der Waals surface area contributed by atoms with Gasteiger partial charge in [0.05, 0.1) is 6.61 Å². The Morgan fingerprint density at radius 1 is 1.31 bits per heavy atom. The fraction of sp³-hybridized carbons (Fsp3) is 0.500. The number of nitrogens with one attached hydrogen (secondary N) is 2. The van der Waals surface area contributed by atoms with Gasteiger partial charge in [-0.2, -0.15) is 0 Å². The Kier molecular flexibility index (Phi) is 9.35. The fourth-order valence-corrected chi connectivity index (χ4v) is 3.06. The number of amides is 2. The average molecular weight is 493 g/mol. The summed E-state index contributed by atoms with van der Waals surface area (Å²) >= 11 is 0. The number of hydrogen-bond acceptors (Lipinski definition) is 7. The maximum Gasteiger partial charge on any atom is 0.410 e. The van der Waals surface area contributed by atoms with Gasteiger partial charge in [-0.15, -0.1) is 0 Å². The summed E-state index contributed by atoms with van der Waals surface area (Å²) in [5, 5.41) is 12.8. The van der Waals surface area contributed by atoms with Crippen molar-refractivity contribution in [1.82, 2.24) is 20.2 Å². The fourth-order valence-electron chi connectivity index (χ4n) is 3.06. The third kappa shape index (κ3) is 7.78. The van der Waals surface area contributed by atoms with E-state index in [1.165, 1.54) is 24.1 Å². The van der Waals surface area contributed by atoms with E-state index in [9.17, 15) is 23.9 Å². The molecule has 1 aromatic heterocycles. The Hall–Kier alpha value is -3.47. The maximum absolute atomic E-state index is 13.5. The molecule has 1 heterocycles. The van der Waals surface area contributed by atoms with Crippen molar-refractivity contribution in [2.24, 2.45) is 0 Å². The first-order valence-electron chi connectivity index (χ1n) is 11.2.